The van der Waals surface area contributed by atoms with Crippen LogP contribution in [0.5, 0.6) is 0 Å². The summed E-state index contributed by atoms with van der Waals surface area (Å²) in [4.78, 5) is 9.74. The van der Waals surface area contributed by atoms with Gasteiger partial charge in [0.05, 0.1) is 6.07 Å². The molecule has 1 aromatic heterocycles. The molecule has 8 heteroatoms. The Morgan fingerprint density at radius 3 is 2.92 bits per heavy atom. The van der Waals surface area contributed by atoms with Crippen molar-refractivity contribution in [1.82, 2.24) is 9.78 Å². The topological polar surface area (TPSA) is 120 Å². The van der Waals surface area contributed by atoms with Gasteiger partial charge in [-0.15, -0.1) is 4.68 Å². The van der Waals surface area contributed by atoms with Gasteiger partial charge in [0.1, 0.15) is 7.05 Å². The number of hydrogen-bond donors (Lipinski definition) is 2. The van der Waals surface area contributed by atoms with Crippen molar-refractivity contribution in [2.75, 3.05) is 0 Å². The Kier molecular flexibility index (Phi) is 2.13. The molecule has 0 saturated heterocycles. The second-order valence-corrected chi connectivity index (χ2v) is 2.25. The number of aromatic nitrogens is 2. The number of nitrogens with two attached hydrogens (primary N) is 1. The van der Waals surface area contributed by atoms with E-state index in [1.54, 1.807) is 0 Å². The quantitative estimate of drug-likeness (QED) is 0.210. The van der Waals surface area contributed by atoms with Crippen molar-refractivity contribution < 1.29 is 10.1 Å². The first-order chi connectivity index (χ1) is 6.06. The van der Waals surface area contributed by atoms with Gasteiger partial charge in [-0.3, -0.25) is 0 Å². The van der Waals surface area contributed by atoms with E-state index in [2.05, 4.69) is 10.3 Å². The first kappa shape index (κ1) is 8.97. The van der Waals surface area contributed by atoms with Gasteiger partial charge < -0.3 is 21.1 Å². The van der Waals surface area contributed by atoms with E-state index in [0.717, 1.165) is 10.7 Å². The number of oxime groups is 1. The van der Waals surface area contributed by atoms with E-state index in [4.69, 9.17) is 10.9 Å². The molecular formula is C5H7N5O3. The van der Waals surface area contributed by atoms with Crippen LogP contribution >= 0.6 is 0 Å². The number of amidine groups is 1. The fourth-order valence-corrected chi connectivity index (χ4v) is 0.805. The summed E-state index contributed by atoms with van der Waals surface area (Å²) in [5.74, 6) is -0.481. The summed E-state index contributed by atoms with van der Waals surface area (Å²) in [5.41, 5.74) is 5.24. The molecule has 1 heterocycles. The van der Waals surface area contributed by atoms with Crippen molar-refractivity contribution in [3.8, 4) is 0 Å². The zero-order chi connectivity index (χ0) is 10.0. The zero-order valence-corrected chi connectivity index (χ0v) is 6.71. The van der Waals surface area contributed by atoms with Crippen LogP contribution in [0.4, 0.5) is 5.82 Å². The molecule has 0 amide bonds. The third kappa shape index (κ3) is 1.55. The Morgan fingerprint density at radius 2 is 2.54 bits per heavy atom. The molecule has 3 N–H and O–H groups in total. The van der Waals surface area contributed by atoms with Crippen molar-refractivity contribution in [1.29, 1.82) is 0 Å². The highest BCUT2D eigenvalue weighted by molar-refractivity contribution is 5.95. The van der Waals surface area contributed by atoms with Gasteiger partial charge in [-0.1, -0.05) is 10.3 Å². The third-order valence-electron chi connectivity index (χ3n) is 1.41. The highest BCUT2D eigenvalue weighted by Crippen LogP contribution is 2.10. The monoisotopic (exact) mass is 185 g/mol. The number of hydrogen-bond acceptors (Lipinski definition) is 5. The number of nitrogens with zero attached hydrogens (tertiary/aromatic N) is 4. The van der Waals surface area contributed by atoms with E-state index in [0.29, 0.717) is 0 Å². The molecule has 0 aromatic carbocycles. The van der Waals surface area contributed by atoms with Gasteiger partial charge in [-0.05, 0) is 4.92 Å². The molecule has 0 aliphatic heterocycles. The molecular weight excluding hydrogens is 178 g/mol. The van der Waals surface area contributed by atoms with Crippen LogP contribution in [0.15, 0.2) is 11.2 Å². The van der Waals surface area contributed by atoms with Gasteiger partial charge in [-0.2, -0.15) is 0 Å². The van der Waals surface area contributed by atoms with E-state index in [9.17, 15) is 10.1 Å². The molecule has 0 fully saturated rings. The molecule has 0 unspecified atom stereocenters. The van der Waals surface area contributed by atoms with E-state index < -0.39 is 4.92 Å². The van der Waals surface area contributed by atoms with Gasteiger partial charge in [0, 0.05) is 0 Å². The highest BCUT2D eigenvalue weighted by Gasteiger charge is 2.16. The minimum absolute atomic E-state index is 0.0664. The van der Waals surface area contributed by atoms with Crippen LogP contribution in [0.2, 0.25) is 0 Å². The van der Waals surface area contributed by atoms with Crippen LogP contribution < -0.4 is 5.73 Å². The van der Waals surface area contributed by atoms with Crippen molar-refractivity contribution in [2.45, 2.75) is 0 Å². The molecule has 0 radical (unpaired) electrons. The minimum Gasteiger partial charge on any atom is -0.409 e. The Morgan fingerprint density at radius 1 is 1.92 bits per heavy atom. The Labute approximate surface area is 72.4 Å². The van der Waals surface area contributed by atoms with Crippen molar-refractivity contribution in [3.63, 3.8) is 0 Å². The summed E-state index contributed by atoms with van der Waals surface area (Å²) in [5, 5.41) is 24.9. The van der Waals surface area contributed by atoms with Crippen molar-refractivity contribution in [3.05, 3.63) is 21.9 Å². The standard InChI is InChI=1S/C5H7N5O3/c1-9-4(10(12)13)2-3(7-9)5(6)8-11/h2,11H,1H3,(H2,6,8). The predicted molar refractivity (Wildman–Crippen MR) is 42.4 cm³/mol. The van der Waals surface area contributed by atoms with Gasteiger partial charge in [-0.25, -0.2) is 0 Å². The number of rotatable bonds is 2. The molecule has 0 atom stereocenters. The maximum atomic E-state index is 10.3. The molecule has 0 bridgehead atoms. The predicted octanol–water partition coefficient (Wildman–Crippen LogP) is -0.577. The molecule has 70 valence electrons. The second-order valence-electron chi connectivity index (χ2n) is 2.25. The lowest BCUT2D eigenvalue weighted by Crippen LogP contribution is -2.13. The Bertz CT molecular complexity index is 368. The fourth-order valence-electron chi connectivity index (χ4n) is 0.805. The summed E-state index contributed by atoms with van der Waals surface area (Å²) in [6, 6.07) is 1.12. The third-order valence-corrected chi connectivity index (χ3v) is 1.41. The van der Waals surface area contributed by atoms with Gasteiger partial charge in [0.2, 0.25) is 0 Å². The van der Waals surface area contributed by atoms with E-state index in [1.807, 2.05) is 0 Å². The minimum atomic E-state index is -0.610. The number of nitro groups is 1. The first-order valence-corrected chi connectivity index (χ1v) is 3.22. The van der Waals surface area contributed by atoms with Gasteiger partial charge in [0.25, 0.3) is 0 Å². The molecule has 0 saturated carbocycles. The lowest BCUT2D eigenvalue weighted by molar-refractivity contribution is -0.392. The Balaban J connectivity index is 3.16. The zero-order valence-electron chi connectivity index (χ0n) is 6.71. The summed E-state index contributed by atoms with van der Waals surface area (Å²) in [7, 11) is 1.40. The second kappa shape index (κ2) is 3.09. The normalized spacial score (nSPS) is 11.6. The first-order valence-electron chi connectivity index (χ1n) is 3.22. The lowest BCUT2D eigenvalue weighted by atomic mass is 10.4. The van der Waals surface area contributed by atoms with Gasteiger partial charge >= 0.3 is 5.82 Å². The number of aryl methyl sites for hydroxylation is 1. The summed E-state index contributed by atoms with van der Waals surface area (Å²) < 4.78 is 1.04. The lowest BCUT2D eigenvalue weighted by Gasteiger charge is -1.89. The average molecular weight is 185 g/mol. The highest BCUT2D eigenvalue weighted by atomic mass is 16.6. The van der Waals surface area contributed by atoms with Crippen molar-refractivity contribution >= 4 is 11.7 Å². The summed E-state index contributed by atoms with van der Waals surface area (Å²) in [6.07, 6.45) is 0. The summed E-state index contributed by atoms with van der Waals surface area (Å²) in [6.45, 7) is 0. The molecule has 13 heavy (non-hydrogen) atoms. The van der Waals surface area contributed by atoms with Gasteiger partial charge in [0.15, 0.2) is 11.5 Å². The van der Waals surface area contributed by atoms with Crippen LogP contribution in [-0.4, -0.2) is 25.7 Å². The molecule has 0 spiro atoms. The molecule has 1 aromatic rings. The van der Waals surface area contributed by atoms with Crippen LogP contribution in [0.3, 0.4) is 0 Å². The van der Waals surface area contributed by atoms with E-state index in [1.165, 1.54) is 7.05 Å². The van der Waals surface area contributed by atoms with E-state index >= 15 is 0 Å². The molecule has 8 nitrogen and oxygen atoms in total. The molecule has 1 rings (SSSR count). The van der Waals surface area contributed by atoms with E-state index in [-0.39, 0.29) is 17.3 Å². The van der Waals surface area contributed by atoms with Crippen LogP contribution in [0.1, 0.15) is 5.69 Å². The molecule has 0 aliphatic carbocycles. The SMILES string of the molecule is Cn1nc(C(N)=NO)cc1[N+](=O)[O-]. The summed E-state index contributed by atoms with van der Waals surface area (Å²) >= 11 is 0. The largest absolute Gasteiger partial charge is 0.409 e. The fraction of sp³-hybridized carbons (Fsp3) is 0.200. The van der Waals surface area contributed by atoms with Crippen LogP contribution in [0, 0.1) is 10.1 Å². The smallest absolute Gasteiger partial charge is 0.345 e. The maximum Gasteiger partial charge on any atom is 0.345 e. The van der Waals surface area contributed by atoms with Crippen molar-refractivity contribution in [2.24, 2.45) is 17.9 Å². The van der Waals surface area contributed by atoms with Crippen LogP contribution in [-0.2, 0) is 7.05 Å². The molecule has 0 aliphatic rings. The Hall–Kier alpha value is -2.12. The van der Waals surface area contributed by atoms with Crippen LogP contribution in [0.25, 0.3) is 0 Å². The average Bonchev–Trinajstić information content (AvgIpc) is 2.46. The maximum absolute atomic E-state index is 10.3.